The molecule has 8 nitrogen and oxygen atoms in total. The summed E-state index contributed by atoms with van der Waals surface area (Å²) < 4.78 is 21.9. The van der Waals surface area contributed by atoms with E-state index in [1.54, 1.807) is 13.8 Å². The summed E-state index contributed by atoms with van der Waals surface area (Å²) >= 11 is 7.21. The lowest BCUT2D eigenvalue weighted by Gasteiger charge is -2.06. The largest absolute Gasteiger partial charge is 0.325 e. The fourth-order valence-electron chi connectivity index (χ4n) is 0.538. The molecule has 0 aliphatic heterocycles. The maximum atomic E-state index is 10.9. The summed E-state index contributed by atoms with van der Waals surface area (Å²) in [6.45, 7) is 5.96. The molecule has 0 saturated carbocycles. The molecule has 0 aromatic carbocycles. The van der Waals surface area contributed by atoms with Crippen LogP contribution in [0.1, 0.15) is 61.3 Å². The first-order chi connectivity index (χ1) is 10.5. The zero-order chi connectivity index (χ0) is 21.2. The third-order valence-corrected chi connectivity index (χ3v) is 3.95. The molecule has 0 spiro atoms. The summed E-state index contributed by atoms with van der Waals surface area (Å²) in [6.07, 6.45) is 1.97. The van der Waals surface area contributed by atoms with Crippen molar-refractivity contribution in [2.45, 2.75) is 66.6 Å². The van der Waals surface area contributed by atoms with Gasteiger partial charge in [0.1, 0.15) is 0 Å². The minimum atomic E-state index is -3.81. The quantitative estimate of drug-likeness (QED) is 0.350. The number of hydrogen-bond acceptors (Lipinski definition) is 4. The van der Waals surface area contributed by atoms with Crippen LogP contribution in [-0.4, -0.2) is 48.8 Å². The van der Waals surface area contributed by atoms with Crippen LogP contribution in [0.4, 0.5) is 0 Å². The van der Waals surface area contributed by atoms with Crippen LogP contribution in [0.15, 0.2) is 0 Å². The predicted octanol–water partition coefficient (Wildman–Crippen LogP) is 2.04. The first-order valence-corrected chi connectivity index (χ1v) is 14.3. The Labute approximate surface area is 157 Å². The van der Waals surface area contributed by atoms with Gasteiger partial charge >= 0.3 is 13.4 Å². The molecule has 13 heteroatoms. The Bertz CT molecular complexity index is 394. The van der Waals surface area contributed by atoms with E-state index in [1.165, 1.54) is 6.42 Å². The molecule has 0 radical (unpaired) electrons. The zero-order valence-corrected chi connectivity index (χ0v) is 19.6. The van der Waals surface area contributed by atoms with Gasteiger partial charge in [-0.1, -0.05) is 48.0 Å². The predicted molar refractivity (Wildman–Crippen MR) is 108 cm³/mol. The highest BCUT2D eigenvalue weighted by Crippen LogP contribution is 2.26. The molecule has 0 bridgehead atoms. The summed E-state index contributed by atoms with van der Waals surface area (Å²) in [6, 6.07) is 0. The summed E-state index contributed by atoms with van der Waals surface area (Å²) in [7, 11) is -2.75. The second kappa shape index (κ2) is 20.3. The molecule has 6 N–H and O–H groups in total. The first kappa shape index (κ1) is 36.0. The van der Waals surface area contributed by atoms with Gasteiger partial charge in [0.05, 0.1) is 5.25 Å². The van der Waals surface area contributed by atoms with Crippen LogP contribution in [0, 0.1) is 0 Å². The van der Waals surface area contributed by atoms with Gasteiger partial charge in [-0.15, -0.1) is 0 Å². The fourth-order valence-corrected chi connectivity index (χ4v) is 1.62. The van der Waals surface area contributed by atoms with E-state index in [1.807, 2.05) is 20.8 Å². The Morgan fingerprint density at radius 2 is 1.00 bits per heavy atom. The van der Waals surface area contributed by atoms with E-state index in [0.717, 1.165) is 6.42 Å². The molecular weight excluding hydrogens is 418 g/mol. The van der Waals surface area contributed by atoms with Crippen molar-refractivity contribution >= 4 is 46.9 Å². The molecule has 1 unspecified atom stereocenters. The van der Waals surface area contributed by atoms with E-state index in [0.29, 0.717) is 0 Å². The lowest BCUT2D eigenvalue weighted by atomic mass is 10.4. The van der Waals surface area contributed by atoms with Crippen LogP contribution < -0.4 is 0 Å². The summed E-state index contributed by atoms with van der Waals surface area (Å²) in [5, 5.41) is -0.164. The van der Waals surface area contributed by atoms with Gasteiger partial charge in [-0.05, 0) is 37.0 Å². The van der Waals surface area contributed by atoms with Crippen LogP contribution >= 0.6 is 13.4 Å². The molecule has 0 aliphatic carbocycles. The molecule has 1 atom stereocenters. The van der Waals surface area contributed by atoms with Gasteiger partial charge < -0.3 is 29.4 Å². The van der Waals surface area contributed by atoms with Gasteiger partial charge in [0.2, 0.25) is 0 Å². The smallest absolute Gasteiger partial charge is 0.319 e. The lowest BCUT2D eigenvalue weighted by Crippen LogP contribution is -2.18. The molecule has 0 fully saturated rings. The van der Waals surface area contributed by atoms with Crippen molar-refractivity contribution in [2.24, 2.45) is 0 Å². The van der Waals surface area contributed by atoms with Gasteiger partial charge in [0.15, 0.2) is 9.84 Å². The van der Waals surface area contributed by atoms with E-state index in [-0.39, 0.29) is 11.0 Å². The highest BCUT2D eigenvalue weighted by Gasteiger charge is 2.14. The van der Waals surface area contributed by atoms with Crippen molar-refractivity contribution in [1.82, 2.24) is 0 Å². The van der Waals surface area contributed by atoms with E-state index < -0.39 is 23.3 Å². The Balaban J connectivity index is -0.0000000694. The maximum Gasteiger partial charge on any atom is 0.319 e. The van der Waals surface area contributed by atoms with Crippen molar-refractivity contribution in [1.29, 1.82) is 0 Å². The molecule has 0 aromatic rings. The summed E-state index contributed by atoms with van der Waals surface area (Å²) in [4.78, 5) is 45.3. The Morgan fingerprint density at radius 3 is 1.04 bits per heavy atom. The Morgan fingerprint density at radius 1 is 0.833 bits per heavy atom. The fraction of sp³-hybridized carbons (Fsp3) is 1.00. The van der Waals surface area contributed by atoms with Crippen molar-refractivity contribution in [3.63, 3.8) is 0 Å². The normalized spacial score (nSPS) is 11.7. The molecule has 24 heavy (non-hydrogen) atoms. The molecule has 0 saturated heterocycles. The van der Waals surface area contributed by atoms with Crippen molar-refractivity contribution in [2.75, 3.05) is 5.75 Å². The molecular formula is C11H34O8P2S3. The molecule has 0 rings (SSSR count). The first-order valence-electron chi connectivity index (χ1n) is 7.24. The van der Waals surface area contributed by atoms with Crippen molar-refractivity contribution in [3.8, 4) is 0 Å². The summed E-state index contributed by atoms with van der Waals surface area (Å²) in [5.74, 6) is 0.266. The van der Waals surface area contributed by atoms with Crippen LogP contribution in [0.5, 0.6) is 0 Å². The van der Waals surface area contributed by atoms with Gasteiger partial charge in [-0.2, -0.15) is 0 Å². The van der Waals surface area contributed by atoms with Crippen LogP contribution in [0.3, 0.4) is 0 Å². The van der Waals surface area contributed by atoms with E-state index in [4.69, 9.17) is 29.4 Å². The second-order valence-corrected chi connectivity index (χ2v) is 11.6. The van der Waals surface area contributed by atoms with Gasteiger partial charge in [-0.3, -0.25) is 0 Å². The van der Waals surface area contributed by atoms with E-state index in [2.05, 4.69) is 37.5 Å². The van der Waals surface area contributed by atoms with Crippen LogP contribution in [-0.2, 0) is 33.5 Å². The van der Waals surface area contributed by atoms with Crippen molar-refractivity contribution in [3.05, 3.63) is 0 Å². The van der Waals surface area contributed by atoms with Crippen LogP contribution in [0.2, 0.25) is 0 Å². The van der Waals surface area contributed by atoms with Gasteiger partial charge in [0, 0.05) is 5.75 Å². The lowest BCUT2D eigenvalue weighted by molar-refractivity contribution is 0.361. The number of rotatable bonds is 3. The molecule has 0 aliphatic rings. The highest BCUT2D eigenvalue weighted by molar-refractivity contribution is 8.06. The number of hydrogen-bond donors (Lipinski definition) is 6. The van der Waals surface area contributed by atoms with Gasteiger partial charge in [-0.25, -0.2) is 8.42 Å². The second-order valence-electron chi connectivity index (χ2n) is 3.90. The SMILES string of the molecule is CC.CCC.CCC(C)S(=O)(=O)CC.OP(O)(O)=S.OP(O)(O)=S. The monoisotopic (exact) mass is 452 g/mol. The Kier molecular flexibility index (Phi) is 30.5. The standard InChI is InChI=1S/C6H14O2S.C3H8.C2H6.2H3O3PS/c1-4-6(3)9(7,8)5-2;1-3-2;1-2;2*1-4(2,3)5/h6H,4-5H2,1-3H3;3H2,1-2H3;1-2H3;2*(H3,1,2,3,5). The minimum absolute atomic E-state index is 0.164. The maximum absolute atomic E-state index is 10.9. The average Bonchev–Trinajstić information content (AvgIpc) is 2.37. The Hall–Kier alpha value is 1.01. The zero-order valence-electron chi connectivity index (χ0n) is 15.3. The molecule has 0 aromatic heterocycles. The number of sulfone groups is 1. The molecule has 154 valence electrons. The van der Waals surface area contributed by atoms with Gasteiger partial charge in [0.25, 0.3) is 0 Å². The summed E-state index contributed by atoms with van der Waals surface area (Å²) in [5.41, 5.74) is 0. The average molecular weight is 453 g/mol. The minimum Gasteiger partial charge on any atom is -0.325 e. The third-order valence-electron chi connectivity index (χ3n) is 1.59. The topological polar surface area (TPSA) is 156 Å². The highest BCUT2D eigenvalue weighted by atomic mass is 32.5. The third kappa shape index (κ3) is 77.3. The van der Waals surface area contributed by atoms with E-state index in [9.17, 15) is 8.42 Å². The van der Waals surface area contributed by atoms with Crippen molar-refractivity contribution < 1.29 is 37.8 Å². The molecule has 0 amide bonds. The molecule has 0 heterocycles. The van der Waals surface area contributed by atoms with E-state index >= 15 is 0 Å². The van der Waals surface area contributed by atoms with Crippen LogP contribution in [0.25, 0.3) is 0 Å².